The van der Waals surface area contributed by atoms with E-state index in [0.29, 0.717) is 11.4 Å². The molecule has 0 amide bonds. The van der Waals surface area contributed by atoms with Crippen molar-refractivity contribution in [1.29, 1.82) is 0 Å². The van der Waals surface area contributed by atoms with Gasteiger partial charge in [0.2, 0.25) is 10.0 Å². The maximum Gasteiger partial charge on any atom is 0.241 e. The zero-order valence-corrected chi connectivity index (χ0v) is 15.6. The fraction of sp³-hybridized carbons (Fsp3) is 0.375. The van der Waals surface area contributed by atoms with Gasteiger partial charge in [0.05, 0.1) is 4.90 Å². The van der Waals surface area contributed by atoms with E-state index < -0.39 is 10.0 Å². The highest BCUT2D eigenvalue weighted by molar-refractivity contribution is 7.89. The minimum absolute atomic E-state index is 0. The second-order valence-corrected chi connectivity index (χ2v) is 8.78. The number of hydrogen-bond acceptors (Lipinski definition) is 4. The van der Waals surface area contributed by atoms with Crippen molar-refractivity contribution in [2.75, 3.05) is 13.1 Å². The van der Waals surface area contributed by atoms with Crippen LogP contribution in [0.3, 0.4) is 0 Å². The molecule has 0 saturated heterocycles. The molecule has 1 aromatic carbocycles. The Bertz CT molecular complexity index is 787. The monoisotopic (exact) mass is 372 g/mol. The largest absolute Gasteiger partial charge is 0.308 e. The fourth-order valence-electron chi connectivity index (χ4n) is 2.92. The number of halogens is 1. The predicted octanol–water partition coefficient (Wildman–Crippen LogP) is 2.95. The third-order valence-corrected chi connectivity index (χ3v) is 6.62. The predicted molar refractivity (Wildman–Crippen MR) is 97.1 cm³/mol. The van der Waals surface area contributed by atoms with E-state index in [9.17, 15) is 8.42 Å². The van der Waals surface area contributed by atoms with Crippen LogP contribution >= 0.6 is 23.7 Å². The van der Waals surface area contributed by atoms with Gasteiger partial charge in [-0.15, -0.1) is 23.7 Å². The normalized spacial score (nSPS) is 17.4. The van der Waals surface area contributed by atoms with E-state index in [1.54, 1.807) is 6.07 Å². The molecule has 23 heavy (non-hydrogen) atoms. The molecule has 2 heterocycles. The lowest BCUT2D eigenvalue weighted by atomic mass is 9.95. The number of fused-ring (bicyclic) bond motifs is 1. The number of nitrogens with one attached hydrogen (secondary N) is 2. The van der Waals surface area contributed by atoms with E-state index in [1.165, 1.54) is 22.5 Å². The first-order valence-corrected chi connectivity index (χ1v) is 9.65. The van der Waals surface area contributed by atoms with Gasteiger partial charge in [-0.2, -0.15) is 0 Å². The Balaban J connectivity index is 0.00000192. The Morgan fingerprint density at radius 3 is 2.74 bits per heavy atom. The van der Waals surface area contributed by atoms with Crippen LogP contribution in [0, 0.1) is 13.8 Å². The van der Waals surface area contributed by atoms with E-state index in [4.69, 9.17) is 0 Å². The third kappa shape index (κ3) is 3.95. The van der Waals surface area contributed by atoms with Crippen molar-refractivity contribution >= 4 is 33.8 Å². The van der Waals surface area contributed by atoms with Crippen molar-refractivity contribution in [2.45, 2.75) is 31.2 Å². The molecule has 2 N–H and O–H groups in total. The van der Waals surface area contributed by atoms with E-state index >= 15 is 0 Å². The van der Waals surface area contributed by atoms with Crippen molar-refractivity contribution in [1.82, 2.24) is 10.0 Å². The van der Waals surface area contributed by atoms with Gasteiger partial charge >= 0.3 is 0 Å². The highest BCUT2D eigenvalue weighted by atomic mass is 35.5. The first kappa shape index (κ1) is 18.4. The quantitative estimate of drug-likeness (QED) is 0.867. The van der Waals surface area contributed by atoms with Crippen LogP contribution in [0.15, 0.2) is 35.2 Å². The number of rotatable bonds is 4. The molecule has 0 aliphatic carbocycles. The van der Waals surface area contributed by atoms with Gasteiger partial charge in [0.15, 0.2) is 0 Å². The van der Waals surface area contributed by atoms with Gasteiger partial charge in [-0.3, -0.25) is 0 Å². The topological polar surface area (TPSA) is 58.2 Å². The Labute approximate surface area is 147 Å². The van der Waals surface area contributed by atoms with Crippen LogP contribution in [-0.2, 0) is 16.4 Å². The number of aryl methyl sites for hydroxylation is 2. The molecule has 1 unspecified atom stereocenters. The molecule has 1 aliphatic rings. The SMILES string of the molecule is Cc1cc(S(=O)(=O)NCC2NCCc3ccccc32)c(C)s1.Cl. The zero-order chi connectivity index (χ0) is 15.7. The summed E-state index contributed by atoms with van der Waals surface area (Å²) < 4.78 is 27.7. The summed E-state index contributed by atoms with van der Waals surface area (Å²) in [5.41, 5.74) is 2.49. The summed E-state index contributed by atoms with van der Waals surface area (Å²) in [6.07, 6.45) is 0.988. The van der Waals surface area contributed by atoms with Crippen LogP contribution in [0.1, 0.15) is 26.9 Å². The van der Waals surface area contributed by atoms with E-state index in [0.717, 1.165) is 22.7 Å². The number of hydrogen-bond donors (Lipinski definition) is 2. The molecule has 0 spiro atoms. The van der Waals surface area contributed by atoms with Crippen LogP contribution < -0.4 is 10.0 Å². The van der Waals surface area contributed by atoms with Crippen LogP contribution in [0.25, 0.3) is 0 Å². The summed E-state index contributed by atoms with van der Waals surface area (Å²) in [7, 11) is -3.45. The van der Waals surface area contributed by atoms with Crippen molar-refractivity contribution in [3.63, 3.8) is 0 Å². The van der Waals surface area contributed by atoms with E-state index in [2.05, 4.69) is 22.2 Å². The molecule has 1 aliphatic heterocycles. The summed E-state index contributed by atoms with van der Waals surface area (Å²) in [5.74, 6) is 0. The second kappa shape index (κ2) is 7.32. The molecule has 126 valence electrons. The first-order valence-electron chi connectivity index (χ1n) is 7.35. The van der Waals surface area contributed by atoms with Crippen LogP contribution in [0.4, 0.5) is 0 Å². The molecule has 1 atom stereocenters. The Kier molecular flexibility index (Phi) is 5.86. The Hall–Kier alpha value is -0.920. The number of benzene rings is 1. The van der Waals surface area contributed by atoms with Gasteiger partial charge in [0.25, 0.3) is 0 Å². The molecule has 2 aromatic rings. The minimum Gasteiger partial charge on any atom is -0.308 e. The second-order valence-electron chi connectivity index (χ2n) is 5.58. The molecular weight excluding hydrogens is 352 g/mol. The summed E-state index contributed by atoms with van der Waals surface area (Å²) in [6, 6.07) is 9.98. The Morgan fingerprint density at radius 2 is 2.04 bits per heavy atom. The molecular formula is C16H21ClN2O2S2. The average Bonchev–Trinajstić information content (AvgIpc) is 2.85. The molecule has 0 bridgehead atoms. The maximum absolute atomic E-state index is 12.5. The molecule has 3 rings (SSSR count). The van der Waals surface area contributed by atoms with Gasteiger partial charge in [0.1, 0.15) is 0 Å². The Morgan fingerprint density at radius 1 is 1.30 bits per heavy atom. The molecule has 1 aromatic heterocycles. The van der Waals surface area contributed by atoms with Gasteiger partial charge in [-0.05, 0) is 44.0 Å². The molecule has 0 fully saturated rings. The van der Waals surface area contributed by atoms with Crippen molar-refractivity contribution in [3.8, 4) is 0 Å². The van der Waals surface area contributed by atoms with Crippen molar-refractivity contribution in [3.05, 3.63) is 51.2 Å². The molecule has 0 saturated carbocycles. The summed E-state index contributed by atoms with van der Waals surface area (Å²) in [6.45, 7) is 5.02. The summed E-state index contributed by atoms with van der Waals surface area (Å²) >= 11 is 1.51. The molecule has 0 radical (unpaired) electrons. The van der Waals surface area contributed by atoms with Crippen LogP contribution in [-0.4, -0.2) is 21.5 Å². The van der Waals surface area contributed by atoms with E-state index in [1.807, 2.05) is 26.0 Å². The number of thiophene rings is 1. The minimum atomic E-state index is -3.45. The molecule has 7 heteroatoms. The standard InChI is InChI=1S/C16H20N2O2S2.ClH/c1-11-9-16(12(2)21-11)22(19,20)18-10-15-14-6-4-3-5-13(14)7-8-17-15;/h3-6,9,15,17-18H,7-8,10H2,1-2H3;1H. The summed E-state index contributed by atoms with van der Waals surface area (Å²) in [5, 5.41) is 3.39. The average molecular weight is 373 g/mol. The lowest BCUT2D eigenvalue weighted by Crippen LogP contribution is -2.38. The van der Waals surface area contributed by atoms with E-state index in [-0.39, 0.29) is 18.4 Å². The number of sulfonamides is 1. The zero-order valence-electron chi connectivity index (χ0n) is 13.1. The smallest absolute Gasteiger partial charge is 0.241 e. The van der Waals surface area contributed by atoms with Gasteiger partial charge < -0.3 is 5.32 Å². The van der Waals surface area contributed by atoms with Crippen molar-refractivity contribution < 1.29 is 8.42 Å². The molecule has 4 nitrogen and oxygen atoms in total. The highest BCUT2D eigenvalue weighted by Crippen LogP contribution is 2.26. The lowest BCUT2D eigenvalue weighted by Gasteiger charge is -2.27. The highest BCUT2D eigenvalue weighted by Gasteiger charge is 2.23. The van der Waals surface area contributed by atoms with Crippen molar-refractivity contribution in [2.24, 2.45) is 0 Å². The van der Waals surface area contributed by atoms with Gasteiger partial charge in [-0.25, -0.2) is 13.1 Å². The first-order chi connectivity index (χ1) is 10.5. The van der Waals surface area contributed by atoms with Crippen LogP contribution in [0.2, 0.25) is 0 Å². The van der Waals surface area contributed by atoms with Gasteiger partial charge in [-0.1, -0.05) is 24.3 Å². The third-order valence-electron chi connectivity index (χ3n) is 3.98. The summed E-state index contributed by atoms with van der Waals surface area (Å²) in [4.78, 5) is 2.25. The lowest BCUT2D eigenvalue weighted by molar-refractivity contribution is 0.491. The fourth-order valence-corrected chi connectivity index (χ4v) is 5.52. The van der Waals surface area contributed by atoms with Gasteiger partial charge in [0, 0.05) is 22.3 Å². The van der Waals surface area contributed by atoms with Crippen LogP contribution in [0.5, 0.6) is 0 Å². The maximum atomic E-state index is 12.5.